The lowest BCUT2D eigenvalue weighted by atomic mass is 9.86. The number of nitro groups is 1. The van der Waals surface area contributed by atoms with Gasteiger partial charge in [-0.1, -0.05) is 28.1 Å². The summed E-state index contributed by atoms with van der Waals surface area (Å²) in [6.45, 7) is 2.37. The number of nitro benzene ring substituents is 1. The molecule has 35 heavy (non-hydrogen) atoms. The molecule has 0 radical (unpaired) electrons. The molecule has 5 rings (SSSR count). The largest absolute Gasteiger partial charge is 0.494 e. The molecule has 2 aliphatic heterocycles. The van der Waals surface area contributed by atoms with Crippen LogP contribution in [0.4, 0.5) is 11.4 Å². The van der Waals surface area contributed by atoms with Gasteiger partial charge >= 0.3 is 0 Å². The summed E-state index contributed by atoms with van der Waals surface area (Å²) in [7, 11) is 0. The van der Waals surface area contributed by atoms with Crippen LogP contribution in [-0.2, 0) is 4.79 Å². The van der Waals surface area contributed by atoms with Crippen LogP contribution >= 0.6 is 15.9 Å². The number of ether oxygens (including phenoxy) is 1. The average molecular weight is 536 g/mol. The Labute approximate surface area is 208 Å². The Morgan fingerprint density at radius 2 is 1.54 bits per heavy atom. The van der Waals surface area contributed by atoms with Crippen molar-refractivity contribution in [3.63, 3.8) is 0 Å². The van der Waals surface area contributed by atoms with E-state index in [-0.39, 0.29) is 16.8 Å². The lowest BCUT2D eigenvalue weighted by Gasteiger charge is -2.49. The van der Waals surface area contributed by atoms with Crippen molar-refractivity contribution in [3.8, 4) is 5.75 Å². The zero-order valence-corrected chi connectivity index (χ0v) is 20.0. The Morgan fingerprint density at radius 3 is 2.17 bits per heavy atom. The van der Waals surface area contributed by atoms with E-state index < -0.39 is 34.7 Å². The molecule has 0 spiro atoms. The van der Waals surface area contributed by atoms with E-state index in [0.29, 0.717) is 23.6 Å². The van der Waals surface area contributed by atoms with Crippen molar-refractivity contribution in [2.24, 2.45) is 0 Å². The zero-order valence-electron chi connectivity index (χ0n) is 18.4. The Morgan fingerprint density at radius 1 is 0.886 bits per heavy atom. The summed E-state index contributed by atoms with van der Waals surface area (Å²) < 4.78 is 6.35. The number of fused-ring (bicyclic) bond motifs is 1. The molecule has 1 saturated heterocycles. The number of non-ortho nitro benzene ring substituents is 1. The van der Waals surface area contributed by atoms with Gasteiger partial charge in [0.1, 0.15) is 11.8 Å². The van der Waals surface area contributed by atoms with Gasteiger partial charge in [0.05, 0.1) is 28.7 Å². The monoisotopic (exact) mass is 535 g/mol. The van der Waals surface area contributed by atoms with Gasteiger partial charge < -0.3 is 9.64 Å². The van der Waals surface area contributed by atoms with E-state index in [1.807, 2.05) is 6.92 Å². The van der Waals surface area contributed by atoms with Crippen molar-refractivity contribution in [2.75, 3.05) is 11.5 Å². The Kier molecular flexibility index (Phi) is 5.60. The number of imide groups is 1. The fraction of sp³-hybridized carbons (Fsp3) is 0.160. The molecular formula is C25H18BrN3O6. The normalized spacial score (nSPS) is 19.0. The molecule has 0 saturated carbocycles. The van der Waals surface area contributed by atoms with Crippen LogP contribution in [0.1, 0.15) is 39.2 Å². The van der Waals surface area contributed by atoms with Crippen LogP contribution in [0.15, 0.2) is 71.2 Å². The van der Waals surface area contributed by atoms with Crippen LogP contribution in [0.3, 0.4) is 0 Å². The molecule has 0 aromatic heterocycles. The zero-order chi connectivity index (χ0) is 24.9. The van der Waals surface area contributed by atoms with E-state index >= 15 is 0 Å². The summed E-state index contributed by atoms with van der Waals surface area (Å²) in [6.07, 6.45) is 0. The Hall–Kier alpha value is -4.05. The summed E-state index contributed by atoms with van der Waals surface area (Å²) in [5.41, 5.74) is 0.987. The summed E-state index contributed by atoms with van der Waals surface area (Å²) in [4.78, 5) is 52.9. The standard InChI is InChI=1S/C25H18BrN3O6/c1-2-35-18-10-3-14(4-11-18)21-22(25(32)27(21)16-7-5-15(26)6-8-16)28-23(30)19-12-9-17(29(33)34)13-20(19)24(28)31/h3-13,21-22H,2H2,1H3/t21-,22+/m0/s1. The molecule has 2 aliphatic rings. The fourth-order valence-corrected chi connectivity index (χ4v) is 4.75. The molecule has 2 atom stereocenters. The molecule has 3 amide bonds. The van der Waals surface area contributed by atoms with Gasteiger partial charge in [-0.2, -0.15) is 0 Å². The van der Waals surface area contributed by atoms with Crippen LogP contribution in [-0.4, -0.2) is 40.2 Å². The van der Waals surface area contributed by atoms with Crippen LogP contribution < -0.4 is 9.64 Å². The first-order chi connectivity index (χ1) is 16.8. The van der Waals surface area contributed by atoms with Crippen LogP contribution in [0.5, 0.6) is 5.75 Å². The SMILES string of the molecule is CCOc1ccc([C@H]2[C@@H](N3C(=O)c4ccc([N+](=O)[O-])cc4C3=O)C(=O)N2c2ccc(Br)cc2)cc1. The summed E-state index contributed by atoms with van der Waals surface area (Å²) >= 11 is 3.38. The van der Waals surface area contributed by atoms with E-state index in [4.69, 9.17) is 4.74 Å². The third kappa shape index (κ3) is 3.66. The highest BCUT2D eigenvalue weighted by molar-refractivity contribution is 9.10. The highest BCUT2D eigenvalue weighted by atomic mass is 79.9. The van der Waals surface area contributed by atoms with Crippen molar-refractivity contribution >= 4 is 45.0 Å². The lowest BCUT2D eigenvalue weighted by Crippen LogP contribution is -2.67. The first kappa shape index (κ1) is 22.7. The smallest absolute Gasteiger partial charge is 0.270 e. The van der Waals surface area contributed by atoms with Gasteiger partial charge in [-0.05, 0) is 55.0 Å². The van der Waals surface area contributed by atoms with Crippen LogP contribution in [0, 0.1) is 10.1 Å². The number of hydrogen-bond donors (Lipinski definition) is 0. The predicted octanol–water partition coefficient (Wildman–Crippen LogP) is 4.51. The first-order valence-electron chi connectivity index (χ1n) is 10.8. The van der Waals surface area contributed by atoms with Gasteiger partial charge in [0.2, 0.25) is 0 Å². The molecule has 3 aromatic rings. The number of carbonyl (C=O) groups excluding carboxylic acids is 3. The molecule has 0 N–H and O–H groups in total. The van der Waals surface area contributed by atoms with E-state index in [2.05, 4.69) is 15.9 Å². The summed E-state index contributed by atoms with van der Waals surface area (Å²) in [5, 5.41) is 11.2. The maximum Gasteiger partial charge on any atom is 0.270 e. The minimum Gasteiger partial charge on any atom is -0.494 e. The number of rotatable bonds is 6. The topological polar surface area (TPSA) is 110 Å². The maximum atomic E-state index is 13.4. The van der Waals surface area contributed by atoms with E-state index in [1.165, 1.54) is 12.1 Å². The third-order valence-corrected chi connectivity index (χ3v) is 6.62. The van der Waals surface area contributed by atoms with Crippen molar-refractivity contribution in [2.45, 2.75) is 19.0 Å². The molecule has 2 heterocycles. The molecule has 0 unspecified atom stereocenters. The molecule has 0 bridgehead atoms. The van der Waals surface area contributed by atoms with Gasteiger partial charge in [0.25, 0.3) is 23.4 Å². The first-order valence-corrected chi connectivity index (χ1v) is 11.6. The number of hydrogen-bond acceptors (Lipinski definition) is 6. The molecule has 3 aromatic carbocycles. The van der Waals surface area contributed by atoms with Gasteiger partial charge in [-0.3, -0.25) is 29.4 Å². The minimum atomic E-state index is -1.09. The average Bonchev–Trinajstić information content (AvgIpc) is 3.09. The van der Waals surface area contributed by atoms with E-state index in [1.54, 1.807) is 53.4 Å². The number of β-lactam (4-membered cyclic amide) rings is 1. The molecule has 9 nitrogen and oxygen atoms in total. The quantitative estimate of drug-likeness (QED) is 0.199. The summed E-state index contributed by atoms with van der Waals surface area (Å²) in [6, 6.07) is 16.0. The number of carbonyl (C=O) groups is 3. The van der Waals surface area contributed by atoms with Crippen LogP contribution in [0.2, 0.25) is 0 Å². The Balaban J connectivity index is 1.55. The minimum absolute atomic E-state index is 0.0425. The predicted molar refractivity (Wildman–Crippen MR) is 129 cm³/mol. The van der Waals surface area contributed by atoms with Crippen molar-refractivity contribution in [1.29, 1.82) is 0 Å². The summed E-state index contributed by atoms with van der Waals surface area (Å²) in [5.74, 6) is -1.14. The third-order valence-electron chi connectivity index (χ3n) is 6.10. The second-order valence-corrected chi connectivity index (χ2v) is 8.96. The van der Waals surface area contributed by atoms with Gasteiger partial charge in [0.15, 0.2) is 0 Å². The number of anilines is 1. The molecule has 1 fully saturated rings. The van der Waals surface area contributed by atoms with Crippen molar-refractivity contribution in [1.82, 2.24) is 4.90 Å². The van der Waals surface area contributed by atoms with E-state index in [9.17, 15) is 24.5 Å². The lowest BCUT2D eigenvalue weighted by molar-refractivity contribution is -0.384. The highest BCUT2D eigenvalue weighted by Crippen LogP contribution is 2.45. The number of nitrogens with zero attached hydrogens (tertiary/aromatic N) is 3. The van der Waals surface area contributed by atoms with Crippen molar-refractivity contribution < 1.29 is 24.0 Å². The molecular weight excluding hydrogens is 518 g/mol. The molecule has 0 aliphatic carbocycles. The van der Waals surface area contributed by atoms with E-state index in [0.717, 1.165) is 15.4 Å². The Bertz CT molecular complexity index is 1370. The van der Waals surface area contributed by atoms with Gasteiger partial charge in [-0.15, -0.1) is 0 Å². The fourth-order valence-electron chi connectivity index (χ4n) is 4.49. The number of halogens is 1. The molecule has 176 valence electrons. The van der Waals surface area contributed by atoms with Gasteiger partial charge in [0, 0.05) is 22.3 Å². The highest BCUT2D eigenvalue weighted by Gasteiger charge is 2.57. The second-order valence-electron chi connectivity index (χ2n) is 8.04. The second kappa shape index (κ2) is 8.62. The number of amides is 3. The molecule has 10 heteroatoms. The van der Waals surface area contributed by atoms with Gasteiger partial charge in [-0.25, -0.2) is 0 Å². The number of benzene rings is 3. The van der Waals surface area contributed by atoms with Crippen molar-refractivity contribution in [3.05, 3.63) is 98.0 Å². The maximum absolute atomic E-state index is 13.4. The van der Waals surface area contributed by atoms with Crippen LogP contribution in [0.25, 0.3) is 0 Å².